The van der Waals surface area contributed by atoms with Crippen LogP contribution in [0.15, 0.2) is 11.4 Å². The molecule has 1 atom stereocenters. The molecule has 17 heavy (non-hydrogen) atoms. The Morgan fingerprint density at radius 2 is 2.59 bits per heavy atom. The second kappa shape index (κ2) is 6.02. The Hall–Kier alpha value is -1.07. The molecule has 0 aliphatic carbocycles. The molecule has 1 amide bonds. The molecular weight excluding hydrogens is 236 g/mol. The fourth-order valence-corrected chi connectivity index (χ4v) is 2.83. The van der Waals surface area contributed by atoms with Gasteiger partial charge in [0.25, 0.3) is 5.91 Å². The Balaban J connectivity index is 1.77. The fraction of sp³-hybridized carbons (Fsp3) is 0.583. The highest BCUT2D eigenvalue weighted by atomic mass is 32.1. The molecule has 0 spiro atoms. The lowest BCUT2D eigenvalue weighted by Crippen LogP contribution is -2.26. The molecule has 1 fully saturated rings. The highest BCUT2D eigenvalue weighted by Crippen LogP contribution is 2.24. The molecule has 5 heteroatoms. The van der Waals surface area contributed by atoms with E-state index in [1.807, 2.05) is 11.4 Å². The molecule has 1 aliphatic rings. The zero-order chi connectivity index (χ0) is 12.1. The van der Waals surface area contributed by atoms with E-state index in [1.165, 1.54) is 17.8 Å². The first-order chi connectivity index (χ1) is 8.31. The predicted molar refractivity (Wildman–Crippen MR) is 68.8 cm³/mol. The van der Waals surface area contributed by atoms with Crippen molar-refractivity contribution in [2.45, 2.75) is 12.8 Å². The molecule has 0 aromatic carbocycles. The molecule has 4 nitrogen and oxygen atoms in total. The lowest BCUT2D eigenvalue weighted by atomic mass is 10.1. The quantitative estimate of drug-likeness (QED) is 0.837. The molecule has 1 aromatic heterocycles. The van der Waals surface area contributed by atoms with Gasteiger partial charge >= 0.3 is 0 Å². The van der Waals surface area contributed by atoms with Crippen LogP contribution in [0.4, 0.5) is 0 Å². The highest BCUT2D eigenvalue weighted by Gasteiger charge is 2.16. The second-order valence-corrected chi connectivity index (χ2v) is 5.14. The number of hydrogen-bond donors (Lipinski definition) is 2. The maximum Gasteiger partial charge on any atom is 0.265 e. The molecule has 1 aromatic rings. The largest absolute Gasteiger partial charge is 0.495 e. The van der Waals surface area contributed by atoms with Gasteiger partial charge in [-0.25, -0.2) is 0 Å². The first kappa shape index (κ1) is 12.4. The SMILES string of the molecule is COc1ccsc1C(=O)NCCC1CCNC1. The van der Waals surface area contributed by atoms with Crippen LogP contribution in [0, 0.1) is 5.92 Å². The van der Waals surface area contributed by atoms with Crippen molar-refractivity contribution in [3.05, 3.63) is 16.3 Å². The van der Waals surface area contributed by atoms with Gasteiger partial charge in [0.1, 0.15) is 10.6 Å². The zero-order valence-electron chi connectivity index (χ0n) is 9.99. The normalized spacial score (nSPS) is 19.2. The van der Waals surface area contributed by atoms with E-state index in [4.69, 9.17) is 4.74 Å². The average molecular weight is 254 g/mol. The van der Waals surface area contributed by atoms with Crippen LogP contribution in [0.3, 0.4) is 0 Å². The van der Waals surface area contributed by atoms with Gasteiger partial charge in [-0.05, 0) is 43.3 Å². The zero-order valence-corrected chi connectivity index (χ0v) is 10.8. The monoisotopic (exact) mass is 254 g/mol. The fourth-order valence-electron chi connectivity index (χ4n) is 2.05. The Kier molecular flexibility index (Phi) is 4.39. The van der Waals surface area contributed by atoms with E-state index in [0.717, 1.165) is 26.1 Å². The number of carbonyl (C=O) groups is 1. The van der Waals surface area contributed by atoms with Crippen LogP contribution in [-0.4, -0.2) is 32.7 Å². The predicted octanol–water partition coefficient (Wildman–Crippen LogP) is 1.49. The molecule has 2 heterocycles. The van der Waals surface area contributed by atoms with E-state index in [0.29, 0.717) is 16.5 Å². The van der Waals surface area contributed by atoms with Gasteiger partial charge < -0.3 is 15.4 Å². The topological polar surface area (TPSA) is 50.4 Å². The van der Waals surface area contributed by atoms with Gasteiger partial charge in [0.15, 0.2) is 0 Å². The van der Waals surface area contributed by atoms with E-state index in [9.17, 15) is 4.79 Å². The van der Waals surface area contributed by atoms with Gasteiger partial charge in [-0.15, -0.1) is 11.3 Å². The van der Waals surface area contributed by atoms with E-state index >= 15 is 0 Å². The van der Waals surface area contributed by atoms with E-state index in [2.05, 4.69) is 10.6 Å². The summed E-state index contributed by atoms with van der Waals surface area (Å²) in [6, 6.07) is 1.82. The van der Waals surface area contributed by atoms with Crippen molar-refractivity contribution < 1.29 is 9.53 Å². The number of methoxy groups -OCH3 is 1. The number of nitrogens with one attached hydrogen (secondary N) is 2. The molecular formula is C12H18N2O2S. The number of thiophene rings is 1. The molecule has 1 aliphatic heterocycles. The molecule has 2 N–H and O–H groups in total. The van der Waals surface area contributed by atoms with Gasteiger partial charge in [0.05, 0.1) is 7.11 Å². The van der Waals surface area contributed by atoms with Gasteiger partial charge in [0.2, 0.25) is 0 Å². The molecule has 0 radical (unpaired) electrons. The van der Waals surface area contributed by atoms with Crippen molar-refractivity contribution in [1.29, 1.82) is 0 Å². The molecule has 1 unspecified atom stereocenters. The van der Waals surface area contributed by atoms with Crippen molar-refractivity contribution in [1.82, 2.24) is 10.6 Å². The summed E-state index contributed by atoms with van der Waals surface area (Å²) in [4.78, 5) is 12.5. The minimum Gasteiger partial charge on any atom is -0.495 e. The third kappa shape index (κ3) is 3.20. The molecule has 94 valence electrons. The van der Waals surface area contributed by atoms with Gasteiger partial charge in [-0.2, -0.15) is 0 Å². The van der Waals surface area contributed by atoms with Gasteiger partial charge in [0, 0.05) is 6.54 Å². The number of amides is 1. The Labute approximate surface area is 105 Å². The van der Waals surface area contributed by atoms with Crippen molar-refractivity contribution in [2.75, 3.05) is 26.7 Å². The summed E-state index contributed by atoms with van der Waals surface area (Å²) in [5, 5.41) is 8.15. The van der Waals surface area contributed by atoms with E-state index < -0.39 is 0 Å². The van der Waals surface area contributed by atoms with Crippen LogP contribution >= 0.6 is 11.3 Å². The summed E-state index contributed by atoms with van der Waals surface area (Å²) in [5.41, 5.74) is 0. The third-order valence-electron chi connectivity index (χ3n) is 3.06. The summed E-state index contributed by atoms with van der Waals surface area (Å²) in [6.07, 6.45) is 2.27. The van der Waals surface area contributed by atoms with Crippen LogP contribution in [-0.2, 0) is 0 Å². The number of carbonyl (C=O) groups excluding carboxylic acids is 1. The summed E-state index contributed by atoms with van der Waals surface area (Å²) in [6.45, 7) is 2.93. The summed E-state index contributed by atoms with van der Waals surface area (Å²) in [7, 11) is 1.59. The third-order valence-corrected chi connectivity index (χ3v) is 3.95. The molecule has 0 saturated carbocycles. The average Bonchev–Trinajstić information content (AvgIpc) is 2.99. The molecule has 1 saturated heterocycles. The van der Waals surface area contributed by atoms with Crippen molar-refractivity contribution >= 4 is 17.2 Å². The van der Waals surface area contributed by atoms with Crippen LogP contribution in [0.25, 0.3) is 0 Å². The van der Waals surface area contributed by atoms with Crippen molar-refractivity contribution in [2.24, 2.45) is 5.92 Å². The second-order valence-electron chi connectivity index (χ2n) is 4.22. The number of hydrogen-bond acceptors (Lipinski definition) is 4. The van der Waals surface area contributed by atoms with Gasteiger partial charge in [-0.1, -0.05) is 0 Å². The Morgan fingerprint density at radius 3 is 3.29 bits per heavy atom. The van der Waals surface area contributed by atoms with Crippen molar-refractivity contribution in [3.63, 3.8) is 0 Å². The first-order valence-electron chi connectivity index (χ1n) is 5.91. The highest BCUT2D eigenvalue weighted by molar-refractivity contribution is 7.12. The standard InChI is InChI=1S/C12H18N2O2S/c1-16-10-4-7-17-11(10)12(15)14-6-3-9-2-5-13-8-9/h4,7,9,13H,2-3,5-6,8H2,1H3,(H,14,15). The Bertz CT molecular complexity index is 372. The maximum absolute atomic E-state index is 11.9. The first-order valence-corrected chi connectivity index (χ1v) is 6.79. The smallest absolute Gasteiger partial charge is 0.265 e. The van der Waals surface area contributed by atoms with E-state index in [-0.39, 0.29) is 5.91 Å². The maximum atomic E-state index is 11.9. The summed E-state index contributed by atoms with van der Waals surface area (Å²) < 4.78 is 5.13. The lowest BCUT2D eigenvalue weighted by molar-refractivity contribution is 0.0953. The summed E-state index contributed by atoms with van der Waals surface area (Å²) in [5.74, 6) is 1.35. The minimum atomic E-state index is -0.0252. The molecule has 0 bridgehead atoms. The Morgan fingerprint density at radius 1 is 1.71 bits per heavy atom. The van der Waals surface area contributed by atoms with Crippen LogP contribution < -0.4 is 15.4 Å². The van der Waals surface area contributed by atoms with Crippen LogP contribution in [0.2, 0.25) is 0 Å². The van der Waals surface area contributed by atoms with E-state index in [1.54, 1.807) is 7.11 Å². The lowest BCUT2D eigenvalue weighted by Gasteiger charge is -2.09. The number of ether oxygens (including phenoxy) is 1. The van der Waals surface area contributed by atoms with Crippen LogP contribution in [0.1, 0.15) is 22.5 Å². The minimum absolute atomic E-state index is 0.0252. The summed E-state index contributed by atoms with van der Waals surface area (Å²) >= 11 is 1.42. The number of rotatable bonds is 5. The van der Waals surface area contributed by atoms with Crippen molar-refractivity contribution in [3.8, 4) is 5.75 Å². The van der Waals surface area contributed by atoms with Gasteiger partial charge in [-0.3, -0.25) is 4.79 Å². The molecule has 2 rings (SSSR count). The van der Waals surface area contributed by atoms with Crippen LogP contribution in [0.5, 0.6) is 5.75 Å².